The van der Waals surface area contributed by atoms with Crippen LogP contribution < -0.4 is 10.1 Å². The quantitative estimate of drug-likeness (QED) is 0.781. The molecule has 0 bridgehead atoms. The van der Waals surface area contributed by atoms with Crippen LogP contribution in [0.1, 0.15) is 0 Å². The first kappa shape index (κ1) is 14.4. The Bertz CT molecular complexity index is 347. The molecule has 1 aromatic carbocycles. The molecule has 0 amide bonds. The number of rotatable bonds is 7. The van der Waals surface area contributed by atoms with E-state index in [0.717, 1.165) is 24.1 Å². The molecule has 0 saturated heterocycles. The summed E-state index contributed by atoms with van der Waals surface area (Å²) in [5.74, 6) is 0.253. The van der Waals surface area contributed by atoms with E-state index in [1.807, 2.05) is 14.1 Å². The van der Waals surface area contributed by atoms with E-state index in [-0.39, 0.29) is 5.82 Å². The highest BCUT2D eigenvalue weighted by Crippen LogP contribution is 2.25. The predicted molar refractivity (Wildman–Crippen MR) is 71.0 cm³/mol. The van der Waals surface area contributed by atoms with Gasteiger partial charge in [-0.05, 0) is 42.2 Å². The van der Waals surface area contributed by atoms with E-state index >= 15 is 0 Å². The summed E-state index contributed by atoms with van der Waals surface area (Å²) >= 11 is 3.31. The summed E-state index contributed by atoms with van der Waals surface area (Å²) in [6.45, 7) is 3.18. The zero-order valence-electron chi connectivity index (χ0n) is 10.2. The maximum Gasteiger partial charge on any atom is 0.136 e. The Morgan fingerprint density at radius 3 is 2.82 bits per heavy atom. The van der Waals surface area contributed by atoms with Gasteiger partial charge in [0.1, 0.15) is 18.2 Å². The number of likely N-dealkylation sites (N-methyl/N-ethyl adjacent to an activating group) is 1. The van der Waals surface area contributed by atoms with Gasteiger partial charge in [0, 0.05) is 25.7 Å². The van der Waals surface area contributed by atoms with Crippen LogP contribution in [0, 0.1) is 5.82 Å². The van der Waals surface area contributed by atoms with Crippen LogP contribution in [0.2, 0.25) is 0 Å². The molecule has 0 atom stereocenters. The molecule has 0 aromatic heterocycles. The number of hydrogen-bond donors (Lipinski definition) is 1. The van der Waals surface area contributed by atoms with Gasteiger partial charge in [0.25, 0.3) is 0 Å². The Hall–Kier alpha value is -0.650. The highest BCUT2D eigenvalue weighted by Gasteiger charge is 2.02. The second-order valence-electron chi connectivity index (χ2n) is 3.98. The zero-order chi connectivity index (χ0) is 12.7. The Morgan fingerprint density at radius 1 is 1.35 bits per heavy atom. The van der Waals surface area contributed by atoms with Crippen LogP contribution in [0.4, 0.5) is 4.39 Å². The second kappa shape index (κ2) is 7.63. The Morgan fingerprint density at radius 2 is 2.12 bits per heavy atom. The summed E-state index contributed by atoms with van der Waals surface area (Å²) in [7, 11) is 4.06. The van der Waals surface area contributed by atoms with E-state index in [4.69, 9.17) is 4.74 Å². The third-order valence-corrected chi connectivity index (χ3v) is 2.82. The van der Waals surface area contributed by atoms with Crippen molar-refractivity contribution in [2.24, 2.45) is 0 Å². The minimum Gasteiger partial charge on any atom is -0.491 e. The molecule has 0 aliphatic heterocycles. The molecule has 0 aliphatic rings. The minimum absolute atomic E-state index is 0.288. The summed E-state index contributed by atoms with van der Waals surface area (Å²) in [5.41, 5.74) is 0. The van der Waals surface area contributed by atoms with Crippen LogP contribution in [0.5, 0.6) is 5.75 Å². The smallest absolute Gasteiger partial charge is 0.136 e. The summed E-state index contributed by atoms with van der Waals surface area (Å²) < 4.78 is 19.2. The highest BCUT2D eigenvalue weighted by atomic mass is 79.9. The van der Waals surface area contributed by atoms with Gasteiger partial charge in [-0.2, -0.15) is 0 Å². The first-order chi connectivity index (χ1) is 8.09. The van der Waals surface area contributed by atoms with E-state index in [0.29, 0.717) is 12.4 Å². The van der Waals surface area contributed by atoms with E-state index < -0.39 is 0 Å². The van der Waals surface area contributed by atoms with Crippen LogP contribution in [-0.2, 0) is 0 Å². The van der Waals surface area contributed by atoms with Crippen LogP contribution in [-0.4, -0.2) is 45.2 Å². The van der Waals surface area contributed by atoms with Gasteiger partial charge in [0.2, 0.25) is 0 Å². The van der Waals surface area contributed by atoms with Gasteiger partial charge in [-0.3, -0.25) is 0 Å². The fourth-order valence-corrected chi connectivity index (χ4v) is 1.61. The molecule has 5 heteroatoms. The Kier molecular flexibility index (Phi) is 6.47. The van der Waals surface area contributed by atoms with Gasteiger partial charge in [-0.25, -0.2) is 4.39 Å². The van der Waals surface area contributed by atoms with Crippen molar-refractivity contribution in [3.8, 4) is 5.75 Å². The third-order valence-electron chi connectivity index (χ3n) is 2.17. The number of ether oxygens (including phenoxy) is 1. The molecule has 3 nitrogen and oxygen atoms in total. The number of hydrogen-bond acceptors (Lipinski definition) is 3. The molecule has 0 unspecified atom stereocenters. The van der Waals surface area contributed by atoms with Crippen molar-refractivity contribution in [3.63, 3.8) is 0 Å². The van der Waals surface area contributed by atoms with E-state index in [9.17, 15) is 4.39 Å². The topological polar surface area (TPSA) is 24.5 Å². The lowest BCUT2D eigenvalue weighted by molar-refractivity contribution is 0.305. The molecule has 17 heavy (non-hydrogen) atoms. The fraction of sp³-hybridized carbons (Fsp3) is 0.500. The first-order valence-corrected chi connectivity index (χ1v) is 6.32. The molecule has 0 spiro atoms. The molecule has 0 saturated carbocycles. The molecule has 1 N–H and O–H groups in total. The lowest BCUT2D eigenvalue weighted by Crippen LogP contribution is -2.29. The molecule has 0 radical (unpaired) electrons. The average Bonchev–Trinajstić information content (AvgIpc) is 2.27. The van der Waals surface area contributed by atoms with Crippen molar-refractivity contribution in [3.05, 3.63) is 28.5 Å². The van der Waals surface area contributed by atoms with E-state index in [1.165, 1.54) is 12.1 Å². The van der Waals surface area contributed by atoms with Gasteiger partial charge in [0.05, 0.1) is 4.47 Å². The maximum atomic E-state index is 12.9. The molecule has 0 heterocycles. The number of benzene rings is 1. The number of nitrogens with zero attached hydrogens (tertiary/aromatic N) is 1. The summed E-state index contributed by atoms with van der Waals surface area (Å²) in [6.07, 6.45) is 0. The van der Waals surface area contributed by atoms with Gasteiger partial charge >= 0.3 is 0 Å². The van der Waals surface area contributed by atoms with Crippen LogP contribution >= 0.6 is 15.9 Å². The minimum atomic E-state index is -0.288. The van der Waals surface area contributed by atoms with Crippen LogP contribution in [0.25, 0.3) is 0 Å². The summed E-state index contributed by atoms with van der Waals surface area (Å²) in [4.78, 5) is 2.11. The number of halogens is 2. The first-order valence-electron chi connectivity index (χ1n) is 5.53. The van der Waals surface area contributed by atoms with Gasteiger partial charge in [0.15, 0.2) is 0 Å². The lowest BCUT2D eigenvalue weighted by atomic mass is 10.3. The summed E-state index contributed by atoms with van der Waals surface area (Å²) in [6, 6.07) is 4.42. The van der Waals surface area contributed by atoms with Crippen LogP contribution in [0.3, 0.4) is 0 Å². The van der Waals surface area contributed by atoms with Crippen molar-refractivity contribution >= 4 is 15.9 Å². The summed E-state index contributed by atoms with van der Waals surface area (Å²) in [5, 5.41) is 3.25. The third kappa shape index (κ3) is 6.00. The second-order valence-corrected chi connectivity index (χ2v) is 4.83. The maximum absolute atomic E-state index is 12.9. The van der Waals surface area contributed by atoms with Gasteiger partial charge < -0.3 is 15.0 Å². The SMILES string of the molecule is CN(C)CCNCCOc1cc(F)ccc1Br. The zero-order valence-corrected chi connectivity index (χ0v) is 11.8. The highest BCUT2D eigenvalue weighted by molar-refractivity contribution is 9.10. The van der Waals surface area contributed by atoms with Crippen molar-refractivity contribution in [2.75, 3.05) is 40.3 Å². The Labute approximate surface area is 110 Å². The molecule has 96 valence electrons. The molecule has 0 fully saturated rings. The fourth-order valence-electron chi connectivity index (χ4n) is 1.25. The Balaban J connectivity index is 2.20. The molecule has 1 aromatic rings. The predicted octanol–water partition coefficient (Wildman–Crippen LogP) is 2.12. The van der Waals surface area contributed by atoms with Crippen molar-refractivity contribution in [1.82, 2.24) is 10.2 Å². The normalized spacial score (nSPS) is 10.9. The van der Waals surface area contributed by atoms with E-state index in [1.54, 1.807) is 6.07 Å². The standard InChI is InChI=1S/C12H18BrFN2O/c1-16(2)7-5-15-6-8-17-12-9-10(14)3-4-11(12)13/h3-4,9,15H,5-8H2,1-2H3. The van der Waals surface area contributed by atoms with Crippen molar-refractivity contribution in [1.29, 1.82) is 0 Å². The largest absolute Gasteiger partial charge is 0.491 e. The van der Waals surface area contributed by atoms with Crippen molar-refractivity contribution in [2.45, 2.75) is 0 Å². The molecular formula is C12H18BrFN2O. The van der Waals surface area contributed by atoms with Gasteiger partial charge in [-0.15, -0.1) is 0 Å². The number of nitrogens with one attached hydrogen (secondary N) is 1. The van der Waals surface area contributed by atoms with Gasteiger partial charge in [-0.1, -0.05) is 0 Å². The van der Waals surface area contributed by atoms with E-state index in [2.05, 4.69) is 26.1 Å². The van der Waals surface area contributed by atoms with Crippen LogP contribution in [0.15, 0.2) is 22.7 Å². The molecule has 0 aliphatic carbocycles. The molecular weight excluding hydrogens is 287 g/mol. The monoisotopic (exact) mass is 304 g/mol. The van der Waals surface area contributed by atoms with Crippen molar-refractivity contribution < 1.29 is 9.13 Å². The molecule has 1 rings (SSSR count). The lowest BCUT2D eigenvalue weighted by Gasteiger charge is -2.11. The average molecular weight is 305 g/mol.